The third-order valence-electron chi connectivity index (χ3n) is 5.48. The van der Waals surface area contributed by atoms with Gasteiger partial charge in [0.25, 0.3) is 5.91 Å². The lowest BCUT2D eigenvalue weighted by Crippen LogP contribution is -3.11. The molecule has 3 aromatic rings. The number of carbonyl (C=O) groups is 1. The number of aryl methyl sites for hydroxylation is 2. The van der Waals surface area contributed by atoms with Gasteiger partial charge in [-0.25, -0.2) is 4.98 Å². The molecule has 0 radical (unpaired) electrons. The van der Waals surface area contributed by atoms with Crippen LogP contribution in [0.25, 0.3) is 10.2 Å². The summed E-state index contributed by atoms with van der Waals surface area (Å²) in [6, 6.07) is 14.8. The molecule has 1 saturated heterocycles. The second kappa shape index (κ2) is 7.79. The molecule has 0 bridgehead atoms. The van der Waals surface area contributed by atoms with Gasteiger partial charge < -0.3 is 10.2 Å². The van der Waals surface area contributed by atoms with E-state index >= 15 is 0 Å². The molecule has 0 saturated carbocycles. The highest BCUT2D eigenvalue weighted by atomic mass is 32.1. The normalized spacial score (nSPS) is 19.5. The van der Waals surface area contributed by atoms with Gasteiger partial charge in [-0.15, -0.1) is 11.3 Å². The average molecular weight is 381 g/mol. The first kappa shape index (κ1) is 18.1. The quantitative estimate of drug-likeness (QED) is 0.711. The van der Waals surface area contributed by atoms with Gasteiger partial charge >= 0.3 is 0 Å². The Morgan fingerprint density at radius 2 is 2.11 bits per heavy atom. The number of para-hydroxylation sites is 2. The highest BCUT2D eigenvalue weighted by Gasteiger charge is 2.34. The van der Waals surface area contributed by atoms with Crippen LogP contribution in [0.1, 0.15) is 41.9 Å². The molecule has 1 unspecified atom stereocenters. The van der Waals surface area contributed by atoms with E-state index in [0.717, 1.165) is 42.6 Å². The first-order chi connectivity index (χ1) is 13.2. The zero-order chi connectivity index (χ0) is 18.8. The molecule has 5 heteroatoms. The smallest absolute Gasteiger partial charge is 0.279 e. The Hall–Kier alpha value is -2.24. The molecule has 4 nitrogen and oxygen atoms in total. The largest absolute Gasteiger partial charge is 0.321 e. The van der Waals surface area contributed by atoms with Crippen molar-refractivity contribution in [2.45, 2.75) is 39.2 Å². The van der Waals surface area contributed by atoms with Crippen LogP contribution in [0.15, 0.2) is 42.5 Å². The Kier molecular flexibility index (Phi) is 5.23. The number of nitrogens with zero attached hydrogens (tertiary/aromatic N) is 1. The van der Waals surface area contributed by atoms with Crippen molar-refractivity contribution in [3.05, 3.63) is 58.6 Å². The van der Waals surface area contributed by atoms with E-state index in [2.05, 4.69) is 55.6 Å². The summed E-state index contributed by atoms with van der Waals surface area (Å²) < 4.78 is 1.23. The number of quaternary nitrogens is 1. The molecule has 1 amide bonds. The molecular formula is C22H26N3OS+. The SMILES string of the molecule is CCc1cccc(C)c1NC(=O)C[NH+]1CCC[C@@H]1c1nc2ccccc2s1. The van der Waals surface area contributed by atoms with Crippen LogP contribution < -0.4 is 10.2 Å². The van der Waals surface area contributed by atoms with E-state index in [1.54, 1.807) is 11.3 Å². The molecule has 2 aromatic carbocycles. The fourth-order valence-corrected chi connectivity index (χ4v) is 5.21. The number of likely N-dealkylation sites (tertiary alicyclic amines) is 1. The van der Waals surface area contributed by atoms with Gasteiger partial charge in [0.05, 0.1) is 16.8 Å². The van der Waals surface area contributed by atoms with Crippen LogP contribution in [-0.4, -0.2) is 24.0 Å². The number of benzene rings is 2. The molecule has 1 aromatic heterocycles. The molecule has 4 rings (SSSR count). The van der Waals surface area contributed by atoms with Crippen LogP contribution in [-0.2, 0) is 11.2 Å². The van der Waals surface area contributed by atoms with E-state index in [0.29, 0.717) is 12.6 Å². The summed E-state index contributed by atoms with van der Waals surface area (Å²) in [4.78, 5) is 19.0. The first-order valence-corrected chi connectivity index (χ1v) is 10.6. The third kappa shape index (κ3) is 3.75. The lowest BCUT2D eigenvalue weighted by atomic mass is 10.1. The third-order valence-corrected chi connectivity index (χ3v) is 6.63. The Balaban J connectivity index is 1.49. The first-order valence-electron chi connectivity index (χ1n) is 9.74. The molecule has 1 aliphatic heterocycles. The fraction of sp³-hybridized carbons (Fsp3) is 0.364. The van der Waals surface area contributed by atoms with Crippen LogP contribution in [0.5, 0.6) is 0 Å². The van der Waals surface area contributed by atoms with Crippen LogP contribution in [0.2, 0.25) is 0 Å². The van der Waals surface area contributed by atoms with Gasteiger partial charge in [-0.1, -0.05) is 37.3 Å². The van der Waals surface area contributed by atoms with Gasteiger partial charge in [-0.05, 0) is 36.6 Å². The Bertz CT molecular complexity index is 932. The number of nitrogens with one attached hydrogen (secondary N) is 2. The topological polar surface area (TPSA) is 46.4 Å². The predicted octanol–water partition coefficient (Wildman–Crippen LogP) is 3.53. The highest BCUT2D eigenvalue weighted by Crippen LogP contribution is 2.28. The Labute approximate surface area is 164 Å². The predicted molar refractivity (Wildman–Crippen MR) is 111 cm³/mol. The summed E-state index contributed by atoms with van der Waals surface area (Å²) in [6.45, 7) is 5.71. The summed E-state index contributed by atoms with van der Waals surface area (Å²) in [7, 11) is 0. The minimum absolute atomic E-state index is 0.0991. The van der Waals surface area contributed by atoms with E-state index in [9.17, 15) is 4.79 Å². The molecule has 2 heterocycles. The minimum atomic E-state index is 0.0991. The van der Waals surface area contributed by atoms with Gasteiger partial charge in [0.2, 0.25) is 0 Å². The molecule has 0 spiro atoms. The number of carbonyl (C=O) groups excluding carboxylic acids is 1. The second-order valence-corrected chi connectivity index (χ2v) is 8.37. The van der Waals surface area contributed by atoms with Crippen molar-refractivity contribution in [3.8, 4) is 0 Å². The van der Waals surface area contributed by atoms with Crippen LogP contribution in [0.3, 0.4) is 0 Å². The van der Waals surface area contributed by atoms with Gasteiger partial charge in [-0.2, -0.15) is 0 Å². The number of thiazole rings is 1. The van der Waals surface area contributed by atoms with Crippen molar-refractivity contribution in [2.75, 3.05) is 18.4 Å². The summed E-state index contributed by atoms with van der Waals surface area (Å²) in [5, 5.41) is 4.35. The molecular weight excluding hydrogens is 354 g/mol. The average Bonchev–Trinajstić information content (AvgIpc) is 3.29. The second-order valence-electron chi connectivity index (χ2n) is 7.31. The summed E-state index contributed by atoms with van der Waals surface area (Å²) in [6.07, 6.45) is 3.17. The summed E-state index contributed by atoms with van der Waals surface area (Å²) >= 11 is 1.77. The van der Waals surface area contributed by atoms with Crippen LogP contribution in [0, 0.1) is 6.92 Å². The maximum absolute atomic E-state index is 12.8. The lowest BCUT2D eigenvalue weighted by Gasteiger charge is -2.20. The molecule has 1 fully saturated rings. The highest BCUT2D eigenvalue weighted by molar-refractivity contribution is 7.18. The number of anilines is 1. The number of hydrogen-bond donors (Lipinski definition) is 2. The Morgan fingerprint density at radius 3 is 2.93 bits per heavy atom. The maximum Gasteiger partial charge on any atom is 0.279 e. The van der Waals surface area contributed by atoms with E-state index in [1.165, 1.54) is 20.2 Å². The molecule has 2 N–H and O–H groups in total. The fourth-order valence-electron chi connectivity index (χ4n) is 4.05. The zero-order valence-corrected chi connectivity index (χ0v) is 16.7. The molecule has 2 atom stereocenters. The molecule has 1 aliphatic rings. The monoisotopic (exact) mass is 380 g/mol. The summed E-state index contributed by atoms with van der Waals surface area (Å²) in [5.41, 5.74) is 4.38. The zero-order valence-electron chi connectivity index (χ0n) is 15.9. The number of fused-ring (bicyclic) bond motifs is 1. The minimum Gasteiger partial charge on any atom is -0.321 e. The van der Waals surface area contributed by atoms with Crippen LogP contribution >= 0.6 is 11.3 Å². The number of hydrogen-bond acceptors (Lipinski definition) is 3. The standard InChI is InChI=1S/C22H25N3OS/c1-3-16-9-6-8-15(2)21(16)24-20(26)14-25-13-7-11-18(25)22-23-17-10-4-5-12-19(17)27-22/h4-6,8-10,12,18H,3,7,11,13-14H2,1-2H3,(H,24,26)/p+1/t18-/m1/s1. The van der Waals surface area contributed by atoms with Gasteiger partial charge in [-0.3, -0.25) is 4.79 Å². The van der Waals surface area contributed by atoms with E-state index in [-0.39, 0.29) is 5.91 Å². The van der Waals surface area contributed by atoms with Gasteiger partial charge in [0.1, 0.15) is 6.04 Å². The van der Waals surface area contributed by atoms with Crippen molar-refractivity contribution < 1.29 is 9.69 Å². The van der Waals surface area contributed by atoms with E-state index in [1.807, 2.05) is 6.07 Å². The molecule has 27 heavy (non-hydrogen) atoms. The summed E-state index contributed by atoms with van der Waals surface area (Å²) in [5.74, 6) is 0.0991. The lowest BCUT2D eigenvalue weighted by molar-refractivity contribution is -0.910. The van der Waals surface area contributed by atoms with Gasteiger partial charge in [0, 0.05) is 18.5 Å². The van der Waals surface area contributed by atoms with Crippen molar-refractivity contribution in [2.24, 2.45) is 0 Å². The van der Waals surface area contributed by atoms with Crippen molar-refractivity contribution in [3.63, 3.8) is 0 Å². The van der Waals surface area contributed by atoms with Gasteiger partial charge in [0.15, 0.2) is 11.6 Å². The number of rotatable bonds is 5. The molecule has 0 aliphatic carbocycles. The van der Waals surface area contributed by atoms with Crippen molar-refractivity contribution in [1.82, 2.24) is 4.98 Å². The number of aromatic nitrogens is 1. The maximum atomic E-state index is 12.8. The van der Waals surface area contributed by atoms with Crippen molar-refractivity contribution in [1.29, 1.82) is 0 Å². The Morgan fingerprint density at radius 1 is 1.26 bits per heavy atom. The van der Waals surface area contributed by atoms with E-state index in [4.69, 9.17) is 4.98 Å². The van der Waals surface area contributed by atoms with Crippen LogP contribution in [0.4, 0.5) is 5.69 Å². The number of amides is 1. The molecule has 140 valence electrons. The van der Waals surface area contributed by atoms with Crippen molar-refractivity contribution >= 4 is 33.1 Å². The van der Waals surface area contributed by atoms with E-state index < -0.39 is 0 Å².